The summed E-state index contributed by atoms with van der Waals surface area (Å²) in [6, 6.07) is 0. The smallest absolute Gasteiger partial charge is 0.222 e. The lowest BCUT2D eigenvalue weighted by atomic mass is 9.89. The SMILES string of the molecule is C[C@H](CC(=O)N1CCN(C[C@H](O)C(C)(C)C)CC1)C1CC1. The van der Waals surface area contributed by atoms with Gasteiger partial charge < -0.3 is 10.0 Å². The topological polar surface area (TPSA) is 43.8 Å². The van der Waals surface area contributed by atoms with Gasteiger partial charge in [0.1, 0.15) is 0 Å². The number of carbonyl (C=O) groups excluding carboxylic acids is 1. The van der Waals surface area contributed by atoms with Crippen LogP contribution in [0.2, 0.25) is 0 Å². The molecule has 4 nitrogen and oxygen atoms in total. The third kappa shape index (κ3) is 4.96. The van der Waals surface area contributed by atoms with Crippen LogP contribution in [0.4, 0.5) is 0 Å². The maximum atomic E-state index is 12.3. The first kappa shape index (κ1) is 16.8. The maximum absolute atomic E-state index is 12.3. The van der Waals surface area contributed by atoms with Crippen LogP contribution < -0.4 is 0 Å². The summed E-state index contributed by atoms with van der Waals surface area (Å²) in [5.74, 6) is 1.68. The fourth-order valence-corrected chi connectivity index (χ4v) is 2.93. The Hall–Kier alpha value is -0.610. The van der Waals surface area contributed by atoms with Crippen molar-refractivity contribution < 1.29 is 9.90 Å². The summed E-state index contributed by atoms with van der Waals surface area (Å²) in [5.41, 5.74) is -0.0767. The molecule has 4 heteroatoms. The van der Waals surface area contributed by atoms with E-state index in [2.05, 4.69) is 32.6 Å². The molecule has 0 unspecified atom stereocenters. The molecule has 0 spiro atoms. The van der Waals surface area contributed by atoms with Crippen LogP contribution in [-0.4, -0.2) is 59.6 Å². The zero-order valence-corrected chi connectivity index (χ0v) is 14.1. The molecule has 1 aliphatic heterocycles. The molecule has 2 fully saturated rings. The quantitative estimate of drug-likeness (QED) is 0.843. The molecule has 2 rings (SSSR count). The average molecular weight is 296 g/mol. The zero-order valence-electron chi connectivity index (χ0n) is 14.1. The predicted octanol–water partition coefficient (Wildman–Crippen LogP) is 1.97. The number of piperazine rings is 1. The molecule has 0 radical (unpaired) electrons. The number of β-amino-alcohol motifs (C(OH)–C–C–N with tert-alkyl or cyclic N) is 1. The van der Waals surface area contributed by atoms with Crippen LogP contribution in [0.5, 0.6) is 0 Å². The van der Waals surface area contributed by atoms with Gasteiger partial charge in [-0.15, -0.1) is 0 Å². The standard InChI is InChI=1S/C17H32N2O2/c1-13(14-5-6-14)11-16(21)19-9-7-18(8-10-19)12-15(20)17(2,3)4/h13-15,20H,5-12H2,1-4H3/t13-,15+/m1/s1. The van der Waals surface area contributed by atoms with Crippen molar-refractivity contribution in [1.82, 2.24) is 9.80 Å². The molecule has 1 amide bonds. The summed E-state index contributed by atoms with van der Waals surface area (Å²) in [6.07, 6.45) is 3.03. The van der Waals surface area contributed by atoms with Gasteiger partial charge in [0.25, 0.3) is 0 Å². The van der Waals surface area contributed by atoms with Gasteiger partial charge in [0.2, 0.25) is 5.91 Å². The Bertz CT molecular complexity index is 352. The van der Waals surface area contributed by atoms with E-state index in [1.807, 2.05) is 4.90 Å². The lowest BCUT2D eigenvalue weighted by Gasteiger charge is -2.38. The number of hydrogen-bond acceptors (Lipinski definition) is 3. The van der Waals surface area contributed by atoms with Crippen LogP contribution in [-0.2, 0) is 4.79 Å². The Morgan fingerprint density at radius 2 is 1.76 bits per heavy atom. The number of aliphatic hydroxyl groups is 1. The molecule has 0 aromatic carbocycles. The Morgan fingerprint density at radius 1 is 1.19 bits per heavy atom. The molecule has 0 aromatic rings. The first-order valence-electron chi connectivity index (χ1n) is 8.45. The van der Waals surface area contributed by atoms with Gasteiger partial charge in [-0.3, -0.25) is 9.69 Å². The van der Waals surface area contributed by atoms with E-state index >= 15 is 0 Å². The predicted molar refractivity (Wildman–Crippen MR) is 85.0 cm³/mol. The summed E-state index contributed by atoms with van der Waals surface area (Å²) < 4.78 is 0. The highest BCUT2D eigenvalue weighted by molar-refractivity contribution is 5.76. The molecule has 21 heavy (non-hydrogen) atoms. The summed E-state index contributed by atoms with van der Waals surface area (Å²) >= 11 is 0. The van der Waals surface area contributed by atoms with Gasteiger partial charge in [0.05, 0.1) is 6.10 Å². The van der Waals surface area contributed by atoms with Gasteiger partial charge in [0, 0.05) is 39.1 Å². The van der Waals surface area contributed by atoms with Crippen LogP contribution >= 0.6 is 0 Å². The minimum atomic E-state index is -0.311. The van der Waals surface area contributed by atoms with Gasteiger partial charge in [-0.05, 0) is 30.1 Å². The van der Waals surface area contributed by atoms with E-state index in [0.717, 1.165) is 38.5 Å². The number of carbonyl (C=O) groups is 1. The molecule has 1 saturated heterocycles. The van der Waals surface area contributed by atoms with Crippen LogP contribution in [0.15, 0.2) is 0 Å². The Morgan fingerprint density at radius 3 is 2.24 bits per heavy atom. The largest absolute Gasteiger partial charge is 0.391 e. The highest BCUT2D eigenvalue weighted by Crippen LogP contribution is 2.38. The van der Waals surface area contributed by atoms with E-state index in [9.17, 15) is 9.90 Å². The van der Waals surface area contributed by atoms with Gasteiger partial charge >= 0.3 is 0 Å². The van der Waals surface area contributed by atoms with Crippen molar-refractivity contribution in [1.29, 1.82) is 0 Å². The third-order valence-corrected chi connectivity index (χ3v) is 5.08. The maximum Gasteiger partial charge on any atom is 0.222 e. The highest BCUT2D eigenvalue weighted by Gasteiger charge is 2.32. The molecule has 2 aliphatic rings. The lowest BCUT2D eigenvalue weighted by Crippen LogP contribution is -2.51. The fraction of sp³-hybridized carbons (Fsp3) is 0.941. The van der Waals surface area contributed by atoms with Crippen molar-refractivity contribution in [3.8, 4) is 0 Å². The number of rotatable bonds is 5. The number of amides is 1. The van der Waals surface area contributed by atoms with E-state index < -0.39 is 0 Å². The summed E-state index contributed by atoms with van der Waals surface area (Å²) in [5, 5.41) is 10.2. The fourth-order valence-electron chi connectivity index (χ4n) is 2.93. The molecule has 1 saturated carbocycles. The second kappa shape index (κ2) is 6.66. The van der Waals surface area contributed by atoms with Gasteiger partial charge in [0.15, 0.2) is 0 Å². The van der Waals surface area contributed by atoms with E-state index in [1.165, 1.54) is 12.8 Å². The van der Waals surface area contributed by atoms with E-state index in [0.29, 0.717) is 18.4 Å². The molecular weight excluding hydrogens is 264 g/mol. The molecule has 2 atom stereocenters. The van der Waals surface area contributed by atoms with Crippen LogP contribution in [0, 0.1) is 17.3 Å². The van der Waals surface area contributed by atoms with Crippen molar-refractivity contribution in [2.75, 3.05) is 32.7 Å². The monoisotopic (exact) mass is 296 g/mol. The zero-order chi connectivity index (χ0) is 15.6. The van der Waals surface area contributed by atoms with Crippen molar-refractivity contribution >= 4 is 5.91 Å². The third-order valence-electron chi connectivity index (χ3n) is 5.08. The number of nitrogens with zero attached hydrogens (tertiary/aromatic N) is 2. The summed E-state index contributed by atoms with van der Waals surface area (Å²) in [7, 11) is 0. The van der Waals surface area contributed by atoms with Gasteiger partial charge in [-0.2, -0.15) is 0 Å². The van der Waals surface area contributed by atoms with E-state index in [4.69, 9.17) is 0 Å². The minimum absolute atomic E-state index is 0.0767. The van der Waals surface area contributed by atoms with Crippen molar-refractivity contribution in [2.45, 2.75) is 53.1 Å². The number of aliphatic hydroxyl groups excluding tert-OH is 1. The molecule has 1 aliphatic carbocycles. The molecule has 0 bridgehead atoms. The van der Waals surface area contributed by atoms with Crippen LogP contribution in [0.3, 0.4) is 0 Å². The summed E-state index contributed by atoms with van der Waals surface area (Å²) in [4.78, 5) is 16.6. The molecule has 122 valence electrons. The molecule has 1 heterocycles. The molecule has 0 aromatic heterocycles. The van der Waals surface area contributed by atoms with Crippen molar-refractivity contribution in [2.24, 2.45) is 17.3 Å². The normalized spacial score (nSPS) is 24.0. The van der Waals surface area contributed by atoms with Crippen LogP contribution in [0.25, 0.3) is 0 Å². The Balaban J connectivity index is 1.71. The minimum Gasteiger partial charge on any atom is -0.391 e. The van der Waals surface area contributed by atoms with Gasteiger partial charge in [-0.1, -0.05) is 27.7 Å². The second-order valence-corrected chi connectivity index (χ2v) is 8.08. The second-order valence-electron chi connectivity index (χ2n) is 8.08. The van der Waals surface area contributed by atoms with E-state index in [1.54, 1.807) is 0 Å². The number of hydrogen-bond donors (Lipinski definition) is 1. The first-order valence-corrected chi connectivity index (χ1v) is 8.45. The summed E-state index contributed by atoms with van der Waals surface area (Å²) in [6.45, 7) is 12.5. The molecular formula is C17H32N2O2. The van der Waals surface area contributed by atoms with E-state index in [-0.39, 0.29) is 11.5 Å². The highest BCUT2D eigenvalue weighted by atomic mass is 16.3. The molecule has 1 N–H and O–H groups in total. The van der Waals surface area contributed by atoms with Crippen LogP contribution in [0.1, 0.15) is 47.0 Å². The lowest BCUT2D eigenvalue weighted by molar-refractivity contribution is -0.134. The van der Waals surface area contributed by atoms with Crippen molar-refractivity contribution in [3.63, 3.8) is 0 Å². The Labute approximate surface area is 129 Å². The van der Waals surface area contributed by atoms with Crippen molar-refractivity contribution in [3.05, 3.63) is 0 Å². The average Bonchev–Trinajstić information content (AvgIpc) is 3.22. The first-order chi connectivity index (χ1) is 9.77. The van der Waals surface area contributed by atoms with Gasteiger partial charge in [-0.25, -0.2) is 0 Å². The Kier molecular flexibility index (Phi) is 5.31.